The van der Waals surface area contributed by atoms with Crippen LogP contribution in [0.15, 0.2) is 48.9 Å². The minimum Gasteiger partial charge on any atom is -0.383 e. The molecule has 2 atom stereocenters. The molecular weight excluding hydrogens is 384 g/mol. The standard InChI is InChI=1S/C25H30N6/c1-16(2)29-23-10-8-19-7-5-18(14-22(19)30-23)4-3-17-6-9-20(13-17)31-12-11-21-24(26)27-15-28-25(21)31/h5,7-8,10-12,14-17,20H,3-4,6,9,13H2,1-2H3,(H,29,30)(H2,26,27,28)/t17-,20+/m1/s1. The van der Waals surface area contributed by atoms with Crippen molar-refractivity contribution in [3.05, 3.63) is 54.5 Å². The topological polar surface area (TPSA) is 81.7 Å². The summed E-state index contributed by atoms with van der Waals surface area (Å²) >= 11 is 0. The van der Waals surface area contributed by atoms with Crippen LogP contribution in [0.2, 0.25) is 0 Å². The van der Waals surface area contributed by atoms with Gasteiger partial charge in [0.2, 0.25) is 0 Å². The number of rotatable bonds is 6. The first kappa shape index (κ1) is 19.8. The lowest BCUT2D eigenvalue weighted by atomic mass is 9.97. The molecule has 1 aliphatic carbocycles. The van der Waals surface area contributed by atoms with Crippen LogP contribution in [0.5, 0.6) is 0 Å². The van der Waals surface area contributed by atoms with Crippen LogP contribution >= 0.6 is 0 Å². The summed E-state index contributed by atoms with van der Waals surface area (Å²) in [6.07, 6.45) is 9.65. The molecule has 0 amide bonds. The normalized spacial score (nSPS) is 18.9. The highest BCUT2D eigenvalue weighted by molar-refractivity contribution is 5.86. The molecule has 1 aliphatic rings. The van der Waals surface area contributed by atoms with Crippen molar-refractivity contribution in [2.45, 2.75) is 58.0 Å². The zero-order chi connectivity index (χ0) is 21.4. The first-order valence-corrected chi connectivity index (χ1v) is 11.3. The maximum Gasteiger partial charge on any atom is 0.145 e. The van der Waals surface area contributed by atoms with Gasteiger partial charge < -0.3 is 15.6 Å². The van der Waals surface area contributed by atoms with Gasteiger partial charge in [0.15, 0.2) is 0 Å². The summed E-state index contributed by atoms with van der Waals surface area (Å²) in [6, 6.07) is 13.8. The van der Waals surface area contributed by atoms with Crippen molar-refractivity contribution in [2.75, 3.05) is 11.1 Å². The number of pyridine rings is 1. The molecule has 5 rings (SSSR count). The monoisotopic (exact) mass is 414 g/mol. The molecule has 31 heavy (non-hydrogen) atoms. The van der Waals surface area contributed by atoms with E-state index in [4.69, 9.17) is 10.7 Å². The number of nitrogens with one attached hydrogen (secondary N) is 1. The molecular formula is C25H30N6. The van der Waals surface area contributed by atoms with Gasteiger partial charge in [0.25, 0.3) is 0 Å². The highest BCUT2D eigenvalue weighted by atomic mass is 15.1. The number of anilines is 2. The van der Waals surface area contributed by atoms with Gasteiger partial charge in [-0.1, -0.05) is 12.1 Å². The van der Waals surface area contributed by atoms with Gasteiger partial charge in [-0.2, -0.15) is 0 Å². The zero-order valence-corrected chi connectivity index (χ0v) is 18.3. The summed E-state index contributed by atoms with van der Waals surface area (Å²) in [6.45, 7) is 4.27. The number of nitrogens with zero attached hydrogens (tertiary/aromatic N) is 4. The molecule has 0 aliphatic heterocycles. The fraction of sp³-hybridized carbons (Fsp3) is 0.400. The average Bonchev–Trinajstić information content (AvgIpc) is 3.39. The van der Waals surface area contributed by atoms with Crippen LogP contribution in [0.3, 0.4) is 0 Å². The van der Waals surface area contributed by atoms with E-state index in [0.717, 1.165) is 34.7 Å². The third-order valence-corrected chi connectivity index (χ3v) is 6.48. The quantitative estimate of drug-likeness (QED) is 0.444. The third-order valence-electron chi connectivity index (χ3n) is 6.48. The molecule has 0 radical (unpaired) electrons. The van der Waals surface area contributed by atoms with Crippen molar-refractivity contribution >= 4 is 33.6 Å². The Kier molecular flexibility index (Phi) is 5.22. The number of aromatic nitrogens is 4. The van der Waals surface area contributed by atoms with Crippen molar-refractivity contribution in [1.29, 1.82) is 0 Å². The molecule has 160 valence electrons. The maximum atomic E-state index is 6.01. The number of hydrogen-bond acceptors (Lipinski definition) is 5. The van der Waals surface area contributed by atoms with Gasteiger partial charge >= 0.3 is 0 Å². The number of benzene rings is 1. The maximum absolute atomic E-state index is 6.01. The molecule has 0 spiro atoms. The van der Waals surface area contributed by atoms with E-state index >= 15 is 0 Å². The van der Waals surface area contributed by atoms with Gasteiger partial charge in [-0.05, 0) is 81.7 Å². The van der Waals surface area contributed by atoms with Gasteiger partial charge in [0, 0.05) is 23.7 Å². The van der Waals surface area contributed by atoms with E-state index in [1.807, 2.05) is 6.07 Å². The van der Waals surface area contributed by atoms with Gasteiger partial charge in [-0.15, -0.1) is 0 Å². The minimum absolute atomic E-state index is 0.378. The van der Waals surface area contributed by atoms with Crippen molar-refractivity contribution < 1.29 is 0 Å². The molecule has 1 aromatic carbocycles. The summed E-state index contributed by atoms with van der Waals surface area (Å²) in [5.74, 6) is 2.25. The number of fused-ring (bicyclic) bond motifs is 2. The van der Waals surface area contributed by atoms with Gasteiger partial charge in [0.1, 0.15) is 23.6 Å². The molecule has 0 saturated heterocycles. The van der Waals surface area contributed by atoms with Crippen LogP contribution in [-0.4, -0.2) is 25.6 Å². The average molecular weight is 415 g/mol. The number of nitrogens with two attached hydrogens (primary N) is 1. The first-order valence-electron chi connectivity index (χ1n) is 11.3. The van der Waals surface area contributed by atoms with E-state index in [1.54, 1.807) is 6.33 Å². The molecule has 0 unspecified atom stereocenters. The minimum atomic E-state index is 0.378. The van der Waals surface area contributed by atoms with Gasteiger partial charge in [0.05, 0.1) is 10.9 Å². The lowest BCUT2D eigenvalue weighted by Gasteiger charge is -2.14. The van der Waals surface area contributed by atoms with Crippen molar-refractivity contribution in [2.24, 2.45) is 5.92 Å². The number of aryl methyl sites for hydroxylation is 1. The smallest absolute Gasteiger partial charge is 0.145 e. The highest BCUT2D eigenvalue weighted by Gasteiger charge is 2.27. The summed E-state index contributed by atoms with van der Waals surface area (Å²) in [5.41, 5.74) is 9.41. The Hall–Kier alpha value is -3.15. The van der Waals surface area contributed by atoms with E-state index in [9.17, 15) is 0 Å². The summed E-state index contributed by atoms with van der Waals surface area (Å²) in [5, 5.41) is 5.55. The van der Waals surface area contributed by atoms with Crippen LogP contribution in [0, 0.1) is 5.92 Å². The van der Waals surface area contributed by atoms with E-state index in [0.29, 0.717) is 17.9 Å². The van der Waals surface area contributed by atoms with Crippen molar-refractivity contribution in [3.8, 4) is 0 Å². The van der Waals surface area contributed by atoms with Crippen LogP contribution < -0.4 is 11.1 Å². The Morgan fingerprint density at radius 2 is 2.00 bits per heavy atom. The van der Waals surface area contributed by atoms with Crippen LogP contribution in [0.25, 0.3) is 21.9 Å². The highest BCUT2D eigenvalue weighted by Crippen LogP contribution is 2.39. The Morgan fingerprint density at radius 3 is 2.87 bits per heavy atom. The number of hydrogen-bond donors (Lipinski definition) is 2. The second-order valence-corrected chi connectivity index (χ2v) is 9.11. The Balaban J connectivity index is 1.25. The Morgan fingerprint density at radius 1 is 1.13 bits per heavy atom. The second-order valence-electron chi connectivity index (χ2n) is 9.11. The van der Waals surface area contributed by atoms with Crippen LogP contribution in [-0.2, 0) is 6.42 Å². The fourth-order valence-electron chi connectivity index (χ4n) is 4.91. The Labute approximate surface area is 182 Å². The van der Waals surface area contributed by atoms with E-state index in [1.165, 1.54) is 36.6 Å². The molecule has 3 N–H and O–H groups in total. The molecule has 4 aromatic rings. The van der Waals surface area contributed by atoms with E-state index in [-0.39, 0.29) is 0 Å². The van der Waals surface area contributed by atoms with Crippen LogP contribution in [0.1, 0.15) is 51.1 Å². The predicted molar refractivity (Wildman–Crippen MR) is 127 cm³/mol. The SMILES string of the molecule is CC(C)Nc1ccc2ccc(CC[C@@H]3CC[C@H](n4ccc5c(N)ncnc54)C3)cc2n1. The molecule has 3 aromatic heterocycles. The summed E-state index contributed by atoms with van der Waals surface area (Å²) in [4.78, 5) is 13.4. The van der Waals surface area contributed by atoms with E-state index in [2.05, 4.69) is 70.2 Å². The molecule has 6 nitrogen and oxygen atoms in total. The fourth-order valence-corrected chi connectivity index (χ4v) is 4.91. The van der Waals surface area contributed by atoms with Crippen molar-refractivity contribution in [3.63, 3.8) is 0 Å². The third kappa shape index (κ3) is 4.07. The molecule has 1 saturated carbocycles. The van der Waals surface area contributed by atoms with Gasteiger partial charge in [-0.25, -0.2) is 15.0 Å². The van der Waals surface area contributed by atoms with Crippen molar-refractivity contribution in [1.82, 2.24) is 19.5 Å². The number of nitrogen functional groups attached to an aromatic ring is 1. The molecule has 3 heterocycles. The lowest BCUT2D eigenvalue weighted by Crippen LogP contribution is -2.10. The second kappa shape index (κ2) is 8.17. The zero-order valence-electron chi connectivity index (χ0n) is 18.3. The summed E-state index contributed by atoms with van der Waals surface area (Å²) in [7, 11) is 0. The Bertz CT molecular complexity index is 1210. The predicted octanol–water partition coefficient (Wildman–Crippen LogP) is 5.36. The molecule has 0 bridgehead atoms. The summed E-state index contributed by atoms with van der Waals surface area (Å²) < 4.78 is 2.30. The van der Waals surface area contributed by atoms with E-state index < -0.39 is 0 Å². The first-order chi connectivity index (χ1) is 15.1. The van der Waals surface area contributed by atoms with Crippen LogP contribution in [0.4, 0.5) is 11.6 Å². The lowest BCUT2D eigenvalue weighted by molar-refractivity contribution is 0.461. The largest absolute Gasteiger partial charge is 0.383 e. The molecule has 1 fully saturated rings. The van der Waals surface area contributed by atoms with Gasteiger partial charge in [-0.3, -0.25) is 0 Å². The molecule has 6 heteroatoms.